The van der Waals surface area contributed by atoms with Crippen LogP contribution < -0.4 is 4.74 Å². The number of rotatable bonds is 6. The second-order valence-corrected chi connectivity index (χ2v) is 8.49. The summed E-state index contributed by atoms with van der Waals surface area (Å²) in [5, 5.41) is 0. The predicted octanol–water partition coefficient (Wildman–Crippen LogP) is 6.01. The number of hydrogen-bond acceptors (Lipinski definition) is 3. The molecule has 1 saturated carbocycles. The molecule has 2 aliphatic rings. The van der Waals surface area contributed by atoms with E-state index < -0.39 is 11.6 Å². The smallest absolute Gasteiger partial charge is 0.309 e. The highest BCUT2D eigenvalue weighted by atomic mass is 19.2. The molecule has 1 aromatic rings. The minimum absolute atomic E-state index is 0.0233. The summed E-state index contributed by atoms with van der Waals surface area (Å²) >= 11 is 0. The molecule has 0 spiro atoms. The summed E-state index contributed by atoms with van der Waals surface area (Å²) in [7, 11) is 1.34. The first-order chi connectivity index (χ1) is 13.5. The van der Waals surface area contributed by atoms with E-state index in [1.165, 1.54) is 13.2 Å². The molecule has 5 heteroatoms. The van der Waals surface area contributed by atoms with E-state index in [-0.39, 0.29) is 35.6 Å². The SMILES string of the molecule is CCCC1CCC(C(C)C2CCC(c3ccc(OC)c(F)c3F)CC2)C(=O)O1. The number of esters is 1. The summed E-state index contributed by atoms with van der Waals surface area (Å²) in [6.45, 7) is 4.27. The lowest BCUT2D eigenvalue weighted by Gasteiger charge is -2.38. The number of carbonyl (C=O) groups excluding carboxylic acids is 1. The monoisotopic (exact) mass is 394 g/mol. The van der Waals surface area contributed by atoms with Crippen molar-refractivity contribution in [3.05, 3.63) is 29.3 Å². The molecular formula is C23H32F2O3. The maximum absolute atomic E-state index is 14.4. The van der Waals surface area contributed by atoms with Crippen LogP contribution in [0.5, 0.6) is 5.75 Å². The van der Waals surface area contributed by atoms with Crippen molar-refractivity contribution < 1.29 is 23.0 Å². The molecule has 2 fully saturated rings. The molecule has 28 heavy (non-hydrogen) atoms. The third kappa shape index (κ3) is 4.33. The molecule has 1 aliphatic carbocycles. The molecule has 3 rings (SSSR count). The first-order valence-electron chi connectivity index (χ1n) is 10.7. The van der Waals surface area contributed by atoms with Crippen LogP contribution in [0.25, 0.3) is 0 Å². The summed E-state index contributed by atoms with van der Waals surface area (Å²) < 4.78 is 39.0. The van der Waals surface area contributed by atoms with E-state index >= 15 is 0 Å². The van der Waals surface area contributed by atoms with Gasteiger partial charge < -0.3 is 9.47 Å². The molecule has 0 N–H and O–H groups in total. The van der Waals surface area contributed by atoms with E-state index in [1.807, 2.05) is 0 Å². The minimum atomic E-state index is -0.901. The van der Waals surface area contributed by atoms with Gasteiger partial charge in [0.15, 0.2) is 11.6 Å². The van der Waals surface area contributed by atoms with Crippen LogP contribution in [0.1, 0.15) is 76.7 Å². The topological polar surface area (TPSA) is 35.5 Å². The van der Waals surface area contributed by atoms with E-state index in [9.17, 15) is 13.6 Å². The van der Waals surface area contributed by atoms with E-state index in [4.69, 9.17) is 9.47 Å². The Bertz CT molecular complexity index is 683. The third-order valence-corrected chi connectivity index (χ3v) is 6.88. The molecular weight excluding hydrogens is 362 g/mol. The van der Waals surface area contributed by atoms with Gasteiger partial charge in [-0.05, 0) is 74.3 Å². The second kappa shape index (κ2) is 9.23. The maximum atomic E-state index is 14.4. The Morgan fingerprint density at radius 2 is 1.82 bits per heavy atom. The van der Waals surface area contributed by atoms with E-state index in [2.05, 4.69) is 13.8 Å². The standard InChI is InChI=1S/C23H32F2O3/c1-4-5-17-10-11-18(23(26)28-17)14(2)15-6-8-16(9-7-15)19-12-13-20(27-3)22(25)21(19)24/h12-18H,4-11H2,1-3H3. The maximum Gasteiger partial charge on any atom is 0.309 e. The van der Waals surface area contributed by atoms with Crippen molar-refractivity contribution in [2.45, 2.75) is 77.2 Å². The van der Waals surface area contributed by atoms with Gasteiger partial charge in [-0.3, -0.25) is 4.79 Å². The fraction of sp³-hybridized carbons (Fsp3) is 0.696. The largest absolute Gasteiger partial charge is 0.494 e. The highest BCUT2D eigenvalue weighted by Gasteiger charge is 2.38. The molecule has 1 aliphatic heterocycles. The Hall–Kier alpha value is -1.65. The highest BCUT2D eigenvalue weighted by Crippen LogP contribution is 2.44. The van der Waals surface area contributed by atoms with Gasteiger partial charge in [0.1, 0.15) is 6.10 Å². The van der Waals surface area contributed by atoms with Crippen molar-refractivity contribution in [3.8, 4) is 5.75 Å². The van der Waals surface area contributed by atoms with E-state index in [0.29, 0.717) is 11.5 Å². The molecule has 1 heterocycles. The summed E-state index contributed by atoms with van der Waals surface area (Å²) in [6, 6.07) is 3.16. The third-order valence-electron chi connectivity index (χ3n) is 6.88. The van der Waals surface area contributed by atoms with Crippen LogP contribution in [0.15, 0.2) is 12.1 Å². The minimum Gasteiger partial charge on any atom is -0.494 e. The lowest BCUT2D eigenvalue weighted by atomic mass is 9.69. The van der Waals surface area contributed by atoms with Crippen LogP contribution >= 0.6 is 0 Å². The molecule has 1 saturated heterocycles. The molecule has 1 aromatic carbocycles. The van der Waals surface area contributed by atoms with Gasteiger partial charge in [-0.25, -0.2) is 4.39 Å². The average Bonchev–Trinajstić information content (AvgIpc) is 2.70. The fourth-order valence-corrected chi connectivity index (χ4v) is 5.10. The van der Waals surface area contributed by atoms with Gasteiger partial charge in [-0.1, -0.05) is 26.3 Å². The van der Waals surface area contributed by atoms with Gasteiger partial charge >= 0.3 is 5.97 Å². The molecule has 3 unspecified atom stereocenters. The van der Waals surface area contributed by atoms with Crippen LogP contribution in [0.2, 0.25) is 0 Å². The number of benzene rings is 1. The zero-order chi connectivity index (χ0) is 20.3. The number of cyclic esters (lactones) is 1. The summed E-state index contributed by atoms with van der Waals surface area (Å²) in [5.41, 5.74) is 0.448. The van der Waals surface area contributed by atoms with Crippen LogP contribution in [0.4, 0.5) is 8.78 Å². The Labute approximate surface area is 166 Å². The Balaban J connectivity index is 1.58. The molecule has 0 radical (unpaired) electrons. The van der Waals surface area contributed by atoms with Gasteiger partial charge in [-0.15, -0.1) is 0 Å². The summed E-state index contributed by atoms with van der Waals surface area (Å²) in [5.74, 6) is -1.07. The summed E-state index contributed by atoms with van der Waals surface area (Å²) in [6.07, 6.45) is 7.43. The zero-order valence-corrected chi connectivity index (χ0v) is 17.2. The first-order valence-corrected chi connectivity index (χ1v) is 10.7. The van der Waals surface area contributed by atoms with Crippen LogP contribution in [0, 0.1) is 29.4 Å². The van der Waals surface area contributed by atoms with Gasteiger partial charge in [0.2, 0.25) is 5.82 Å². The lowest BCUT2D eigenvalue weighted by Crippen LogP contribution is -2.37. The van der Waals surface area contributed by atoms with Gasteiger partial charge in [-0.2, -0.15) is 4.39 Å². The average molecular weight is 395 g/mol. The summed E-state index contributed by atoms with van der Waals surface area (Å²) in [4.78, 5) is 12.5. The zero-order valence-electron chi connectivity index (χ0n) is 17.2. The number of halogens is 2. The molecule has 0 aromatic heterocycles. The Morgan fingerprint density at radius 1 is 1.11 bits per heavy atom. The molecule has 0 amide bonds. The number of carbonyl (C=O) groups is 1. The van der Waals surface area contributed by atoms with Crippen LogP contribution in [0.3, 0.4) is 0 Å². The van der Waals surface area contributed by atoms with Crippen molar-refractivity contribution in [1.82, 2.24) is 0 Å². The van der Waals surface area contributed by atoms with Crippen molar-refractivity contribution in [3.63, 3.8) is 0 Å². The van der Waals surface area contributed by atoms with Crippen molar-refractivity contribution in [1.29, 1.82) is 0 Å². The molecule has 3 atom stereocenters. The first kappa shape index (κ1) is 21.1. The molecule has 3 nitrogen and oxygen atoms in total. The number of ether oxygens (including phenoxy) is 2. The van der Waals surface area contributed by atoms with Crippen molar-refractivity contribution in [2.24, 2.45) is 17.8 Å². The normalized spacial score (nSPS) is 29.2. The predicted molar refractivity (Wildman–Crippen MR) is 104 cm³/mol. The van der Waals surface area contributed by atoms with E-state index in [1.54, 1.807) is 6.07 Å². The van der Waals surface area contributed by atoms with E-state index in [0.717, 1.165) is 51.4 Å². The van der Waals surface area contributed by atoms with Crippen molar-refractivity contribution >= 4 is 5.97 Å². The van der Waals surface area contributed by atoms with Crippen LogP contribution in [-0.4, -0.2) is 19.2 Å². The second-order valence-electron chi connectivity index (χ2n) is 8.49. The molecule has 156 valence electrons. The number of hydrogen-bond donors (Lipinski definition) is 0. The highest BCUT2D eigenvalue weighted by molar-refractivity contribution is 5.73. The van der Waals surface area contributed by atoms with Gasteiger partial charge in [0.05, 0.1) is 13.0 Å². The van der Waals surface area contributed by atoms with Gasteiger partial charge in [0, 0.05) is 0 Å². The van der Waals surface area contributed by atoms with Gasteiger partial charge in [0.25, 0.3) is 0 Å². The lowest BCUT2D eigenvalue weighted by molar-refractivity contribution is -0.164. The van der Waals surface area contributed by atoms with Crippen molar-refractivity contribution in [2.75, 3.05) is 7.11 Å². The number of methoxy groups -OCH3 is 1. The molecule has 0 bridgehead atoms. The quantitative estimate of drug-likeness (QED) is 0.555. The Kier molecular flexibility index (Phi) is 6.95. The fourth-order valence-electron chi connectivity index (χ4n) is 5.10. The van der Waals surface area contributed by atoms with Crippen LogP contribution in [-0.2, 0) is 9.53 Å². The Morgan fingerprint density at radius 3 is 2.43 bits per heavy atom.